The van der Waals surface area contributed by atoms with Crippen LogP contribution in [0.5, 0.6) is 0 Å². The number of hydrogen-bond donors (Lipinski definition) is 0. The summed E-state index contributed by atoms with van der Waals surface area (Å²) in [5.74, 6) is 0. The third kappa shape index (κ3) is 3.46. The number of hydrogen-bond acceptors (Lipinski definition) is 2. The minimum absolute atomic E-state index is 0.0780. The molecule has 4 nitrogen and oxygen atoms in total. The van der Waals surface area contributed by atoms with Crippen LogP contribution in [0.1, 0.15) is 11.3 Å². The number of aryl methyl sites for hydroxylation is 2. The number of aromatic nitrogens is 2. The van der Waals surface area contributed by atoms with Gasteiger partial charge in [-0.1, -0.05) is 42.5 Å². The van der Waals surface area contributed by atoms with Crippen molar-refractivity contribution in [2.24, 2.45) is 12.0 Å². The summed E-state index contributed by atoms with van der Waals surface area (Å²) >= 11 is 2.25. The maximum absolute atomic E-state index is 13.9. The lowest BCUT2D eigenvalue weighted by Crippen LogP contribution is -2.29. The summed E-state index contributed by atoms with van der Waals surface area (Å²) in [5.41, 5.74) is 5.48. The Bertz CT molecular complexity index is 1640. The van der Waals surface area contributed by atoms with Crippen LogP contribution in [-0.4, -0.2) is 9.13 Å². The van der Waals surface area contributed by atoms with Crippen LogP contribution in [0.4, 0.5) is 5.69 Å². The third-order valence-corrected chi connectivity index (χ3v) is 6.61. The molecule has 2 heterocycles. The average Bonchev–Trinajstić information content (AvgIpc) is 2.94. The zero-order chi connectivity index (χ0) is 22.4. The molecule has 0 aliphatic carbocycles. The van der Waals surface area contributed by atoms with Crippen LogP contribution < -0.4 is 11.0 Å². The van der Waals surface area contributed by atoms with E-state index in [-0.39, 0.29) is 5.56 Å². The Kier molecular flexibility index (Phi) is 5.21. The van der Waals surface area contributed by atoms with Gasteiger partial charge < -0.3 is 4.57 Å². The summed E-state index contributed by atoms with van der Waals surface area (Å²) < 4.78 is 4.90. The molecule has 2 aromatic heterocycles. The van der Waals surface area contributed by atoms with Crippen molar-refractivity contribution >= 4 is 50.0 Å². The van der Waals surface area contributed by atoms with Gasteiger partial charge in [0.1, 0.15) is 5.49 Å². The summed E-state index contributed by atoms with van der Waals surface area (Å²) in [4.78, 5) is 18.9. The van der Waals surface area contributed by atoms with Crippen molar-refractivity contribution in [3.63, 3.8) is 0 Å². The lowest BCUT2D eigenvalue weighted by Gasteiger charge is -2.06. The van der Waals surface area contributed by atoms with Crippen molar-refractivity contribution in [2.45, 2.75) is 13.8 Å². The molecular formula is C27H22IN3O. The van der Waals surface area contributed by atoms with E-state index in [0.717, 1.165) is 42.5 Å². The summed E-state index contributed by atoms with van der Waals surface area (Å²) in [6.45, 7) is 4.10. The van der Waals surface area contributed by atoms with E-state index >= 15 is 0 Å². The average molecular weight is 531 g/mol. The summed E-state index contributed by atoms with van der Waals surface area (Å²) in [6.07, 6.45) is 0. The molecule has 32 heavy (non-hydrogen) atoms. The number of fused-ring (bicyclic) bond motifs is 2. The first kappa shape index (κ1) is 20.7. The van der Waals surface area contributed by atoms with Gasteiger partial charge in [-0.2, -0.15) is 0 Å². The normalized spacial score (nSPS) is 12.1. The van der Waals surface area contributed by atoms with Crippen molar-refractivity contribution in [3.8, 4) is 5.69 Å². The van der Waals surface area contributed by atoms with Gasteiger partial charge in [0.15, 0.2) is 0 Å². The van der Waals surface area contributed by atoms with E-state index in [0.29, 0.717) is 10.9 Å². The Morgan fingerprint density at radius 2 is 1.62 bits per heavy atom. The first-order valence-electron chi connectivity index (χ1n) is 10.5. The molecule has 0 amide bonds. The number of rotatable bonds is 2. The SMILES string of the molecule is Cc1cccc(-n2c(=Nc3c(C)n(C)c4ccccc34)ccc3ccc(I)cc3c2=O)c1. The van der Waals surface area contributed by atoms with Gasteiger partial charge in [0.05, 0.1) is 16.9 Å². The van der Waals surface area contributed by atoms with Crippen molar-refractivity contribution in [3.05, 3.63) is 110 Å². The monoisotopic (exact) mass is 531 g/mol. The number of para-hydroxylation sites is 1. The Morgan fingerprint density at radius 3 is 2.44 bits per heavy atom. The predicted octanol–water partition coefficient (Wildman–Crippen LogP) is 5.94. The van der Waals surface area contributed by atoms with E-state index in [4.69, 9.17) is 4.99 Å². The molecule has 0 saturated carbocycles. The lowest BCUT2D eigenvalue weighted by molar-refractivity contribution is 0.904. The van der Waals surface area contributed by atoms with E-state index in [1.54, 1.807) is 4.57 Å². The second-order valence-electron chi connectivity index (χ2n) is 8.02. The highest BCUT2D eigenvalue weighted by atomic mass is 127. The topological polar surface area (TPSA) is 39.3 Å². The van der Waals surface area contributed by atoms with Crippen LogP contribution in [0.2, 0.25) is 0 Å². The van der Waals surface area contributed by atoms with Crippen molar-refractivity contribution in [2.75, 3.05) is 0 Å². The van der Waals surface area contributed by atoms with Crippen LogP contribution in [0.3, 0.4) is 0 Å². The van der Waals surface area contributed by atoms with Crippen LogP contribution in [0, 0.1) is 17.4 Å². The van der Waals surface area contributed by atoms with Crippen LogP contribution in [0.25, 0.3) is 27.4 Å². The molecule has 0 fully saturated rings. The molecule has 0 N–H and O–H groups in total. The highest BCUT2D eigenvalue weighted by Crippen LogP contribution is 2.31. The lowest BCUT2D eigenvalue weighted by atomic mass is 10.2. The molecule has 0 aliphatic rings. The third-order valence-electron chi connectivity index (χ3n) is 5.94. The molecular weight excluding hydrogens is 509 g/mol. The fourth-order valence-corrected chi connectivity index (χ4v) is 4.67. The smallest absolute Gasteiger partial charge is 0.264 e. The predicted molar refractivity (Wildman–Crippen MR) is 140 cm³/mol. The van der Waals surface area contributed by atoms with E-state index in [1.165, 1.54) is 0 Å². The Hall–Kier alpha value is -3.19. The van der Waals surface area contributed by atoms with Gasteiger partial charge in [0.25, 0.3) is 5.56 Å². The zero-order valence-electron chi connectivity index (χ0n) is 18.1. The standard InChI is InChI=1S/C27H22IN3O/c1-17-7-6-8-21(15-17)31-25(14-12-19-11-13-20(28)16-23(19)27(31)32)29-26-18(2)30(3)24-10-5-4-9-22(24)26/h4-16H,1-3H3. The second kappa shape index (κ2) is 8.06. The molecule has 0 unspecified atom stereocenters. The van der Waals surface area contributed by atoms with E-state index in [2.05, 4.69) is 46.2 Å². The fraction of sp³-hybridized carbons (Fsp3) is 0.111. The van der Waals surface area contributed by atoms with Crippen molar-refractivity contribution in [1.29, 1.82) is 0 Å². The Balaban J connectivity index is 1.97. The highest BCUT2D eigenvalue weighted by Gasteiger charge is 2.12. The first-order chi connectivity index (χ1) is 15.4. The maximum atomic E-state index is 13.9. The molecule has 0 radical (unpaired) electrons. The minimum atomic E-state index is -0.0780. The molecule has 5 aromatic rings. The van der Waals surface area contributed by atoms with Gasteiger partial charge in [-0.25, -0.2) is 4.99 Å². The van der Waals surface area contributed by atoms with Crippen molar-refractivity contribution < 1.29 is 0 Å². The Morgan fingerprint density at radius 1 is 0.844 bits per heavy atom. The Labute approximate surface area is 199 Å². The van der Waals surface area contributed by atoms with Gasteiger partial charge in [-0.3, -0.25) is 9.36 Å². The van der Waals surface area contributed by atoms with Gasteiger partial charge in [0, 0.05) is 27.1 Å². The quantitative estimate of drug-likeness (QED) is 0.260. The molecule has 5 heteroatoms. The summed E-state index contributed by atoms with van der Waals surface area (Å²) in [7, 11) is 2.05. The van der Waals surface area contributed by atoms with E-state index in [9.17, 15) is 4.79 Å². The zero-order valence-corrected chi connectivity index (χ0v) is 20.3. The molecule has 3 aromatic carbocycles. The van der Waals surface area contributed by atoms with Gasteiger partial charge >= 0.3 is 0 Å². The second-order valence-corrected chi connectivity index (χ2v) is 9.27. The van der Waals surface area contributed by atoms with E-state index in [1.807, 2.05) is 80.7 Å². The van der Waals surface area contributed by atoms with Gasteiger partial charge in [0.2, 0.25) is 0 Å². The number of halogens is 1. The summed E-state index contributed by atoms with van der Waals surface area (Å²) in [5, 5.41) is 2.64. The first-order valence-corrected chi connectivity index (χ1v) is 11.5. The highest BCUT2D eigenvalue weighted by molar-refractivity contribution is 14.1. The largest absolute Gasteiger partial charge is 0.346 e. The van der Waals surface area contributed by atoms with Gasteiger partial charge in [-0.15, -0.1) is 0 Å². The molecule has 0 atom stereocenters. The van der Waals surface area contributed by atoms with Gasteiger partial charge in [-0.05, 0) is 83.8 Å². The van der Waals surface area contributed by atoms with Crippen molar-refractivity contribution in [1.82, 2.24) is 9.13 Å². The maximum Gasteiger partial charge on any atom is 0.264 e. The van der Waals surface area contributed by atoms with Crippen LogP contribution in [-0.2, 0) is 7.05 Å². The minimum Gasteiger partial charge on any atom is -0.346 e. The van der Waals surface area contributed by atoms with Crippen LogP contribution in [0.15, 0.2) is 88.6 Å². The molecule has 0 saturated heterocycles. The molecule has 0 spiro atoms. The molecule has 158 valence electrons. The number of nitrogens with zero attached hydrogens (tertiary/aromatic N) is 3. The fourth-order valence-electron chi connectivity index (χ4n) is 4.18. The van der Waals surface area contributed by atoms with Crippen LogP contribution >= 0.6 is 22.6 Å². The number of benzene rings is 3. The molecule has 0 aliphatic heterocycles. The van der Waals surface area contributed by atoms with E-state index < -0.39 is 0 Å². The molecule has 0 bridgehead atoms. The molecule has 5 rings (SSSR count). The summed E-state index contributed by atoms with van der Waals surface area (Å²) in [6, 6.07) is 26.1.